The molecule has 1 aromatic heterocycles. The molecular weight excluding hydrogens is 242 g/mol. The van der Waals surface area contributed by atoms with E-state index in [1.54, 1.807) is 25.2 Å². The first-order valence-electron chi connectivity index (χ1n) is 5.67. The van der Waals surface area contributed by atoms with E-state index >= 15 is 0 Å². The lowest BCUT2D eigenvalue weighted by molar-refractivity contribution is 0.463. The van der Waals surface area contributed by atoms with Crippen LogP contribution < -0.4 is 15.8 Å². The Balaban J connectivity index is 2.16. The van der Waals surface area contributed by atoms with Gasteiger partial charge in [-0.15, -0.1) is 0 Å². The number of nitriles is 1. The minimum Gasteiger partial charge on any atom is -0.439 e. The summed E-state index contributed by atoms with van der Waals surface area (Å²) < 4.78 is 5.58. The van der Waals surface area contributed by atoms with Crippen LogP contribution in [0.3, 0.4) is 0 Å². The molecule has 0 spiro atoms. The molecule has 0 fully saturated rings. The van der Waals surface area contributed by atoms with Gasteiger partial charge in [0.2, 0.25) is 11.8 Å². The fraction of sp³-hybridized carbons (Fsp3) is 0.154. The van der Waals surface area contributed by atoms with Crippen molar-refractivity contribution in [2.24, 2.45) is 0 Å². The number of hydrogen-bond acceptors (Lipinski definition) is 6. The van der Waals surface area contributed by atoms with Gasteiger partial charge in [-0.25, -0.2) is 0 Å². The van der Waals surface area contributed by atoms with E-state index in [1.165, 1.54) is 0 Å². The van der Waals surface area contributed by atoms with Gasteiger partial charge in [0.25, 0.3) is 0 Å². The average Bonchev–Trinajstić information content (AvgIpc) is 2.40. The predicted molar refractivity (Wildman–Crippen MR) is 71.8 cm³/mol. The molecule has 6 heteroatoms. The molecular formula is C13H13N5O. The minimum atomic E-state index is 0.142. The summed E-state index contributed by atoms with van der Waals surface area (Å²) in [4.78, 5) is 7.96. The zero-order valence-corrected chi connectivity index (χ0v) is 10.4. The molecule has 1 aromatic carbocycles. The Labute approximate surface area is 110 Å². The predicted octanol–water partition coefficient (Wildman–Crippen LogP) is 1.96. The smallest absolute Gasteiger partial charge is 0.226 e. The third-order valence-corrected chi connectivity index (χ3v) is 2.41. The molecule has 6 nitrogen and oxygen atoms in total. The fourth-order valence-corrected chi connectivity index (χ4v) is 1.51. The standard InChI is InChI=1S/C13H13N5O/c1-16-11-8-12(18-13(15)17-11)19-10-4-2-9(3-5-10)6-7-14/h2-5,8H,6H2,1H3,(H3,15,16,17,18). The second-order valence-electron chi connectivity index (χ2n) is 3.78. The number of rotatable bonds is 4. The van der Waals surface area contributed by atoms with Crippen LogP contribution in [0.5, 0.6) is 11.6 Å². The molecule has 96 valence electrons. The van der Waals surface area contributed by atoms with Crippen molar-refractivity contribution < 1.29 is 4.74 Å². The maximum absolute atomic E-state index is 8.59. The minimum absolute atomic E-state index is 0.142. The van der Waals surface area contributed by atoms with Crippen molar-refractivity contribution >= 4 is 11.8 Å². The normalized spacial score (nSPS) is 9.68. The Hall–Kier alpha value is -2.81. The van der Waals surface area contributed by atoms with E-state index < -0.39 is 0 Å². The van der Waals surface area contributed by atoms with Crippen LogP contribution in [0.4, 0.5) is 11.8 Å². The van der Waals surface area contributed by atoms with Crippen LogP contribution in [0.1, 0.15) is 5.56 Å². The Kier molecular flexibility index (Phi) is 3.78. The van der Waals surface area contributed by atoms with Crippen LogP contribution in [-0.4, -0.2) is 17.0 Å². The number of hydrogen-bond donors (Lipinski definition) is 2. The van der Waals surface area contributed by atoms with Crippen molar-refractivity contribution in [3.8, 4) is 17.7 Å². The summed E-state index contributed by atoms with van der Waals surface area (Å²) in [5.41, 5.74) is 6.51. The second-order valence-corrected chi connectivity index (χ2v) is 3.78. The van der Waals surface area contributed by atoms with Crippen molar-refractivity contribution in [1.29, 1.82) is 5.26 Å². The van der Waals surface area contributed by atoms with Gasteiger partial charge in [-0.3, -0.25) is 0 Å². The van der Waals surface area contributed by atoms with E-state index in [4.69, 9.17) is 15.7 Å². The first-order chi connectivity index (χ1) is 9.21. The van der Waals surface area contributed by atoms with Gasteiger partial charge in [0, 0.05) is 13.1 Å². The molecule has 19 heavy (non-hydrogen) atoms. The van der Waals surface area contributed by atoms with Crippen LogP contribution >= 0.6 is 0 Å². The molecule has 3 N–H and O–H groups in total. The molecule has 0 bridgehead atoms. The molecule has 0 saturated heterocycles. The number of nitrogens with two attached hydrogens (primary N) is 1. The third-order valence-electron chi connectivity index (χ3n) is 2.41. The first kappa shape index (κ1) is 12.6. The molecule has 0 amide bonds. The molecule has 1 heterocycles. The van der Waals surface area contributed by atoms with Crippen molar-refractivity contribution in [3.63, 3.8) is 0 Å². The summed E-state index contributed by atoms with van der Waals surface area (Å²) >= 11 is 0. The Bertz CT molecular complexity index is 603. The topological polar surface area (TPSA) is 96.8 Å². The number of anilines is 2. The maximum atomic E-state index is 8.59. The lowest BCUT2D eigenvalue weighted by atomic mass is 10.2. The summed E-state index contributed by atoms with van der Waals surface area (Å²) in [6.45, 7) is 0. The van der Waals surface area contributed by atoms with Crippen LogP contribution in [-0.2, 0) is 6.42 Å². The summed E-state index contributed by atoms with van der Waals surface area (Å²) in [5, 5.41) is 11.5. The maximum Gasteiger partial charge on any atom is 0.226 e. The van der Waals surface area contributed by atoms with Crippen LogP contribution in [0.2, 0.25) is 0 Å². The molecule has 0 atom stereocenters. The SMILES string of the molecule is CNc1cc(Oc2ccc(CC#N)cc2)nc(N)n1. The fourth-order valence-electron chi connectivity index (χ4n) is 1.51. The largest absolute Gasteiger partial charge is 0.439 e. The Morgan fingerprint density at radius 1 is 1.32 bits per heavy atom. The summed E-state index contributed by atoms with van der Waals surface area (Å²) in [5.74, 6) is 1.72. The van der Waals surface area contributed by atoms with Crippen LogP contribution in [0.25, 0.3) is 0 Å². The molecule has 0 saturated carbocycles. The Morgan fingerprint density at radius 2 is 2.05 bits per heavy atom. The number of benzene rings is 1. The van der Waals surface area contributed by atoms with Gasteiger partial charge in [-0.2, -0.15) is 15.2 Å². The average molecular weight is 255 g/mol. The third kappa shape index (κ3) is 3.33. The highest BCUT2D eigenvalue weighted by Gasteiger charge is 2.04. The number of nitrogens with one attached hydrogen (secondary N) is 1. The van der Waals surface area contributed by atoms with Gasteiger partial charge in [0.15, 0.2) is 0 Å². The van der Waals surface area contributed by atoms with Gasteiger partial charge in [-0.1, -0.05) is 12.1 Å². The first-order valence-corrected chi connectivity index (χ1v) is 5.67. The van der Waals surface area contributed by atoms with E-state index in [-0.39, 0.29) is 5.95 Å². The van der Waals surface area contributed by atoms with Crippen molar-refractivity contribution in [1.82, 2.24) is 9.97 Å². The summed E-state index contributed by atoms with van der Waals surface area (Å²) in [6, 6.07) is 11.0. The monoisotopic (exact) mass is 255 g/mol. The number of aromatic nitrogens is 2. The molecule has 2 rings (SSSR count). The zero-order valence-electron chi connectivity index (χ0n) is 10.4. The van der Waals surface area contributed by atoms with E-state index in [0.29, 0.717) is 23.9 Å². The van der Waals surface area contributed by atoms with Crippen molar-refractivity contribution in [2.45, 2.75) is 6.42 Å². The second kappa shape index (κ2) is 5.69. The quantitative estimate of drug-likeness (QED) is 0.866. The van der Waals surface area contributed by atoms with E-state index in [2.05, 4.69) is 21.4 Å². The number of nitrogens with zero attached hydrogens (tertiary/aromatic N) is 3. The van der Waals surface area contributed by atoms with E-state index in [1.807, 2.05) is 12.1 Å². The molecule has 0 aliphatic rings. The van der Waals surface area contributed by atoms with Crippen LogP contribution in [0.15, 0.2) is 30.3 Å². The lowest BCUT2D eigenvalue weighted by Crippen LogP contribution is -2.01. The Morgan fingerprint density at radius 3 is 2.68 bits per heavy atom. The molecule has 0 unspecified atom stereocenters. The molecule has 0 radical (unpaired) electrons. The lowest BCUT2D eigenvalue weighted by Gasteiger charge is -2.07. The van der Waals surface area contributed by atoms with Crippen molar-refractivity contribution in [2.75, 3.05) is 18.1 Å². The highest BCUT2D eigenvalue weighted by molar-refractivity contribution is 5.43. The van der Waals surface area contributed by atoms with Gasteiger partial charge < -0.3 is 15.8 Å². The number of nitrogen functional groups attached to an aromatic ring is 1. The zero-order chi connectivity index (χ0) is 13.7. The van der Waals surface area contributed by atoms with E-state index in [9.17, 15) is 0 Å². The van der Waals surface area contributed by atoms with Gasteiger partial charge >= 0.3 is 0 Å². The highest BCUT2D eigenvalue weighted by atomic mass is 16.5. The molecule has 2 aromatic rings. The summed E-state index contributed by atoms with van der Waals surface area (Å²) in [7, 11) is 1.74. The van der Waals surface area contributed by atoms with Gasteiger partial charge in [-0.05, 0) is 17.7 Å². The van der Waals surface area contributed by atoms with Crippen LogP contribution in [0, 0.1) is 11.3 Å². The summed E-state index contributed by atoms with van der Waals surface area (Å²) in [6.07, 6.45) is 0.380. The van der Waals surface area contributed by atoms with Gasteiger partial charge in [0.05, 0.1) is 12.5 Å². The van der Waals surface area contributed by atoms with E-state index in [0.717, 1.165) is 5.56 Å². The van der Waals surface area contributed by atoms with Crippen molar-refractivity contribution in [3.05, 3.63) is 35.9 Å². The van der Waals surface area contributed by atoms with Gasteiger partial charge in [0.1, 0.15) is 11.6 Å². The molecule has 0 aliphatic carbocycles. The number of ether oxygens (including phenoxy) is 1. The highest BCUT2D eigenvalue weighted by Crippen LogP contribution is 2.22. The molecule has 0 aliphatic heterocycles.